The number of aryl methyl sites for hydroxylation is 1. The average molecular weight is 399 g/mol. The number of aromatic hydroxyl groups is 1. The third-order valence-electron chi connectivity index (χ3n) is 4.43. The largest absolute Gasteiger partial charge is 0.494 e. The van der Waals surface area contributed by atoms with E-state index in [1.165, 1.54) is 16.8 Å². The van der Waals surface area contributed by atoms with Gasteiger partial charge in [-0.15, -0.1) is 23.1 Å². The first kappa shape index (κ1) is 17.8. The zero-order valence-corrected chi connectivity index (χ0v) is 16.4. The van der Waals surface area contributed by atoms with Gasteiger partial charge < -0.3 is 5.11 Å². The Morgan fingerprint density at radius 3 is 2.74 bits per heavy atom. The van der Waals surface area contributed by atoms with Crippen LogP contribution in [0.3, 0.4) is 0 Å². The van der Waals surface area contributed by atoms with Gasteiger partial charge in [-0.1, -0.05) is 12.1 Å². The van der Waals surface area contributed by atoms with Gasteiger partial charge in [0.1, 0.15) is 5.56 Å². The van der Waals surface area contributed by atoms with E-state index in [4.69, 9.17) is 0 Å². The number of aromatic nitrogens is 2. The molecule has 0 saturated heterocycles. The molecule has 1 atom stereocenters. The molecule has 27 heavy (non-hydrogen) atoms. The average Bonchev–Trinajstić information content (AvgIpc) is 2.97. The monoisotopic (exact) mass is 399 g/mol. The number of thioether (sulfide) groups is 1. The van der Waals surface area contributed by atoms with Crippen molar-refractivity contribution in [3.63, 3.8) is 0 Å². The van der Waals surface area contributed by atoms with E-state index in [9.17, 15) is 14.7 Å². The lowest BCUT2D eigenvalue weighted by atomic mass is 10.1. The zero-order chi connectivity index (χ0) is 19.1. The molecule has 0 unspecified atom stereocenters. The molecular formula is C19H17N3O3S2. The molecular weight excluding hydrogens is 382 g/mol. The Hall–Kier alpha value is -2.58. The summed E-state index contributed by atoms with van der Waals surface area (Å²) in [4.78, 5) is 34.6. The third kappa shape index (κ3) is 3.26. The summed E-state index contributed by atoms with van der Waals surface area (Å²) in [5.74, 6) is -0.368. The number of H-pyrrole nitrogens is 1. The fourth-order valence-corrected chi connectivity index (χ4v) is 5.30. The van der Waals surface area contributed by atoms with Gasteiger partial charge in [0.25, 0.3) is 5.56 Å². The van der Waals surface area contributed by atoms with Crippen LogP contribution in [0.25, 0.3) is 0 Å². The van der Waals surface area contributed by atoms with Crippen LogP contribution in [0, 0.1) is 6.92 Å². The van der Waals surface area contributed by atoms with Gasteiger partial charge in [-0.25, -0.2) is 4.79 Å². The van der Waals surface area contributed by atoms with E-state index in [1.807, 2.05) is 24.3 Å². The molecule has 0 spiro atoms. The zero-order valence-electron chi connectivity index (χ0n) is 14.7. The van der Waals surface area contributed by atoms with Gasteiger partial charge in [-0.2, -0.15) is 0 Å². The number of aromatic amines is 1. The van der Waals surface area contributed by atoms with Crippen molar-refractivity contribution in [2.75, 3.05) is 0 Å². The van der Waals surface area contributed by atoms with E-state index in [1.54, 1.807) is 23.1 Å². The van der Waals surface area contributed by atoms with Crippen LogP contribution in [0.15, 0.2) is 55.9 Å². The van der Waals surface area contributed by atoms with Gasteiger partial charge in [-0.3, -0.25) is 19.3 Å². The highest BCUT2D eigenvalue weighted by atomic mass is 32.2. The first-order valence-corrected chi connectivity index (χ1v) is 10.1. The lowest BCUT2D eigenvalue weighted by molar-refractivity contribution is 0.416. The van der Waals surface area contributed by atoms with E-state index in [-0.39, 0.29) is 16.7 Å². The van der Waals surface area contributed by atoms with Gasteiger partial charge in [0.15, 0.2) is 0 Å². The Morgan fingerprint density at radius 1 is 1.22 bits per heavy atom. The molecule has 1 aliphatic rings. The lowest BCUT2D eigenvalue weighted by Crippen LogP contribution is -2.32. The quantitative estimate of drug-likeness (QED) is 0.690. The molecule has 0 fully saturated rings. The van der Waals surface area contributed by atoms with Gasteiger partial charge in [0, 0.05) is 33.4 Å². The maximum atomic E-state index is 12.5. The molecule has 3 aromatic rings. The molecule has 0 radical (unpaired) electrons. The number of nitrogens with zero attached hydrogens (tertiary/aromatic N) is 2. The van der Waals surface area contributed by atoms with Gasteiger partial charge >= 0.3 is 5.69 Å². The summed E-state index contributed by atoms with van der Waals surface area (Å²) in [6, 6.07) is 11.9. The predicted molar refractivity (Wildman–Crippen MR) is 109 cm³/mol. The van der Waals surface area contributed by atoms with Crippen LogP contribution in [0.4, 0.5) is 5.69 Å². The summed E-state index contributed by atoms with van der Waals surface area (Å²) in [6.07, 6.45) is 0.466. The van der Waals surface area contributed by atoms with Crippen molar-refractivity contribution in [3.8, 4) is 5.88 Å². The summed E-state index contributed by atoms with van der Waals surface area (Å²) in [7, 11) is 1.41. The number of benzene rings is 1. The topological polar surface area (TPSA) is 87.5 Å². The predicted octanol–water partition coefficient (Wildman–Crippen LogP) is 3.51. The third-order valence-corrected chi connectivity index (χ3v) is 7.00. The summed E-state index contributed by atoms with van der Waals surface area (Å²) < 4.78 is 1.02. The van der Waals surface area contributed by atoms with Crippen molar-refractivity contribution >= 4 is 34.5 Å². The first-order chi connectivity index (χ1) is 12.9. The highest BCUT2D eigenvalue weighted by Crippen LogP contribution is 2.47. The number of para-hydroxylation sites is 1. The Kier molecular flexibility index (Phi) is 4.53. The molecule has 1 aromatic carbocycles. The van der Waals surface area contributed by atoms with E-state index < -0.39 is 11.2 Å². The molecule has 0 amide bonds. The van der Waals surface area contributed by atoms with Crippen LogP contribution in [0.2, 0.25) is 0 Å². The van der Waals surface area contributed by atoms with Crippen LogP contribution in [0.1, 0.15) is 27.0 Å². The molecule has 4 rings (SSSR count). The minimum absolute atomic E-state index is 0.0488. The Balaban J connectivity index is 1.92. The Morgan fingerprint density at radius 2 is 2.00 bits per heavy atom. The first-order valence-electron chi connectivity index (χ1n) is 8.36. The van der Waals surface area contributed by atoms with Crippen molar-refractivity contribution in [3.05, 3.63) is 72.6 Å². The number of fused-ring (bicyclic) bond motifs is 1. The molecule has 0 bridgehead atoms. The second kappa shape index (κ2) is 6.86. The molecule has 3 heterocycles. The van der Waals surface area contributed by atoms with E-state index in [0.717, 1.165) is 15.1 Å². The minimum atomic E-state index is -0.657. The van der Waals surface area contributed by atoms with Crippen LogP contribution >= 0.6 is 23.1 Å². The number of hydrogen-bond acceptors (Lipinski definition) is 6. The second-order valence-electron chi connectivity index (χ2n) is 6.30. The fourth-order valence-electron chi connectivity index (χ4n) is 3.02. The minimum Gasteiger partial charge on any atom is -0.494 e. The van der Waals surface area contributed by atoms with E-state index in [2.05, 4.69) is 29.0 Å². The van der Waals surface area contributed by atoms with Crippen molar-refractivity contribution in [2.24, 2.45) is 12.0 Å². The van der Waals surface area contributed by atoms with Crippen molar-refractivity contribution in [2.45, 2.75) is 23.5 Å². The number of nitrogens with one attached hydrogen (secondary N) is 1. The van der Waals surface area contributed by atoms with Crippen LogP contribution < -0.4 is 11.2 Å². The summed E-state index contributed by atoms with van der Waals surface area (Å²) >= 11 is 3.41. The molecule has 138 valence electrons. The molecule has 1 aliphatic heterocycles. The normalized spacial score (nSPS) is 16.5. The molecule has 2 aromatic heterocycles. The van der Waals surface area contributed by atoms with Crippen molar-refractivity contribution in [1.29, 1.82) is 0 Å². The highest BCUT2D eigenvalue weighted by molar-refractivity contribution is 7.99. The van der Waals surface area contributed by atoms with E-state index in [0.29, 0.717) is 12.1 Å². The van der Waals surface area contributed by atoms with Gasteiger partial charge in [-0.05, 0) is 31.2 Å². The smallest absolute Gasteiger partial charge is 0.330 e. The molecule has 2 N–H and O–H groups in total. The van der Waals surface area contributed by atoms with Crippen molar-refractivity contribution < 1.29 is 5.11 Å². The standard InChI is InChI=1S/C19H17N3O3S2/c1-10-7-8-14(26-10)15-9-12(20-11-5-3-4-6-13(11)27-15)16-17(23)21-19(25)22(2)18(16)24/h3-8,15,24H,9H2,1-2H3,(H,21,23,25)/t15-/m1/s1. The maximum absolute atomic E-state index is 12.5. The molecule has 6 nitrogen and oxygen atoms in total. The number of hydrogen-bond donors (Lipinski definition) is 2. The maximum Gasteiger partial charge on any atom is 0.330 e. The van der Waals surface area contributed by atoms with Gasteiger partial charge in [0.2, 0.25) is 5.88 Å². The van der Waals surface area contributed by atoms with Crippen LogP contribution in [-0.4, -0.2) is 20.4 Å². The molecule has 8 heteroatoms. The SMILES string of the molecule is Cc1ccc([C@H]2CC(c3c(O)n(C)c(=O)[nH]c3=O)=Nc3ccccc3S2)s1. The number of rotatable bonds is 2. The molecule has 0 saturated carbocycles. The Bertz CT molecular complexity index is 1170. The second-order valence-corrected chi connectivity index (χ2v) is 8.87. The molecule has 0 aliphatic carbocycles. The fraction of sp³-hybridized carbons (Fsp3) is 0.211. The van der Waals surface area contributed by atoms with Crippen molar-refractivity contribution in [1.82, 2.24) is 9.55 Å². The van der Waals surface area contributed by atoms with E-state index >= 15 is 0 Å². The van der Waals surface area contributed by atoms with Crippen LogP contribution in [0.5, 0.6) is 5.88 Å². The van der Waals surface area contributed by atoms with Gasteiger partial charge in [0.05, 0.1) is 11.4 Å². The summed E-state index contributed by atoms with van der Waals surface area (Å²) in [5, 5.41) is 10.5. The highest BCUT2D eigenvalue weighted by Gasteiger charge is 2.27. The number of thiophene rings is 1. The number of aliphatic imine (C=N–C) groups is 1. The lowest BCUT2D eigenvalue weighted by Gasteiger charge is -2.14. The Labute approximate surface area is 163 Å². The summed E-state index contributed by atoms with van der Waals surface area (Å²) in [5.41, 5.74) is -0.0121. The summed E-state index contributed by atoms with van der Waals surface area (Å²) in [6.45, 7) is 2.06. The van der Waals surface area contributed by atoms with Crippen LogP contribution in [-0.2, 0) is 7.05 Å².